The topological polar surface area (TPSA) is 69.5 Å². The van der Waals surface area contributed by atoms with Gasteiger partial charge in [0.25, 0.3) is 0 Å². The van der Waals surface area contributed by atoms with Crippen molar-refractivity contribution in [1.82, 2.24) is 10.4 Å². The lowest BCUT2D eigenvalue weighted by Gasteiger charge is -2.05. The van der Waals surface area contributed by atoms with Crippen LogP contribution in [0.15, 0.2) is 53.8 Å². The van der Waals surface area contributed by atoms with Gasteiger partial charge in [0.05, 0.1) is 18.1 Å². The molecule has 96 valence electrons. The van der Waals surface area contributed by atoms with Gasteiger partial charge in [0, 0.05) is 5.69 Å². The van der Waals surface area contributed by atoms with Crippen LogP contribution in [0, 0.1) is 0 Å². The molecular formula is C13H12N4OS. The van der Waals surface area contributed by atoms with E-state index >= 15 is 0 Å². The fourth-order valence-corrected chi connectivity index (χ4v) is 1.48. The van der Waals surface area contributed by atoms with E-state index < -0.39 is 0 Å². The lowest BCUT2D eigenvalue weighted by molar-refractivity contribution is 0.472. The number of para-hydroxylation sites is 1. The number of aromatic nitrogens is 1. The molecule has 0 aliphatic heterocycles. The summed E-state index contributed by atoms with van der Waals surface area (Å²) in [5, 5.41) is 16.4. The Morgan fingerprint density at radius 3 is 2.68 bits per heavy atom. The number of rotatable bonds is 3. The molecule has 0 saturated heterocycles. The molecular weight excluding hydrogens is 260 g/mol. The second-order valence-electron chi connectivity index (χ2n) is 3.63. The van der Waals surface area contributed by atoms with E-state index in [1.807, 2.05) is 30.3 Å². The van der Waals surface area contributed by atoms with Gasteiger partial charge >= 0.3 is 0 Å². The van der Waals surface area contributed by atoms with Crippen LogP contribution < -0.4 is 10.7 Å². The highest BCUT2D eigenvalue weighted by Crippen LogP contribution is 2.05. The van der Waals surface area contributed by atoms with E-state index in [0.717, 1.165) is 5.69 Å². The minimum absolute atomic E-state index is 0.117. The molecule has 3 N–H and O–H groups in total. The van der Waals surface area contributed by atoms with Crippen LogP contribution in [0.2, 0.25) is 0 Å². The number of nitrogens with one attached hydrogen (secondary N) is 2. The summed E-state index contributed by atoms with van der Waals surface area (Å²) in [4.78, 5) is 3.96. The molecule has 19 heavy (non-hydrogen) atoms. The highest BCUT2D eigenvalue weighted by molar-refractivity contribution is 7.80. The Morgan fingerprint density at radius 1 is 1.21 bits per heavy atom. The van der Waals surface area contributed by atoms with Gasteiger partial charge in [-0.3, -0.25) is 10.4 Å². The third-order valence-electron chi connectivity index (χ3n) is 2.17. The molecule has 1 heterocycles. The van der Waals surface area contributed by atoms with Crippen LogP contribution in [0.3, 0.4) is 0 Å². The summed E-state index contributed by atoms with van der Waals surface area (Å²) in [5.41, 5.74) is 4.19. The quantitative estimate of drug-likeness (QED) is 0.453. The van der Waals surface area contributed by atoms with E-state index in [0.29, 0.717) is 10.8 Å². The number of thiocarbonyl (C=S) groups is 1. The Labute approximate surface area is 116 Å². The van der Waals surface area contributed by atoms with Crippen molar-refractivity contribution in [2.24, 2.45) is 5.10 Å². The van der Waals surface area contributed by atoms with E-state index in [1.165, 1.54) is 18.5 Å². The molecule has 5 nitrogen and oxygen atoms in total. The number of pyridine rings is 1. The zero-order valence-corrected chi connectivity index (χ0v) is 10.8. The van der Waals surface area contributed by atoms with Crippen LogP contribution in [0.4, 0.5) is 5.69 Å². The van der Waals surface area contributed by atoms with Crippen LogP contribution in [0.25, 0.3) is 0 Å². The van der Waals surface area contributed by atoms with Gasteiger partial charge in [-0.25, -0.2) is 0 Å². The number of anilines is 1. The van der Waals surface area contributed by atoms with E-state index in [-0.39, 0.29) is 5.75 Å². The maximum atomic E-state index is 9.08. The van der Waals surface area contributed by atoms with Crippen molar-refractivity contribution in [3.05, 3.63) is 54.4 Å². The van der Waals surface area contributed by atoms with Gasteiger partial charge in [-0.1, -0.05) is 18.2 Å². The molecule has 0 unspecified atom stereocenters. The average Bonchev–Trinajstić information content (AvgIpc) is 2.42. The monoisotopic (exact) mass is 272 g/mol. The van der Waals surface area contributed by atoms with Crippen LogP contribution in [-0.4, -0.2) is 21.4 Å². The van der Waals surface area contributed by atoms with Gasteiger partial charge in [-0.2, -0.15) is 5.10 Å². The minimum atomic E-state index is 0.117. The molecule has 0 spiro atoms. The summed E-state index contributed by atoms with van der Waals surface area (Å²) in [6.07, 6.45) is 2.86. The fourth-order valence-electron chi connectivity index (χ4n) is 1.31. The van der Waals surface area contributed by atoms with Crippen LogP contribution in [0.1, 0.15) is 5.69 Å². The van der Waals surface area contributed by atoms with Gasteiger partial charge in [0.15, 0.2) is 5.11 Å². The standard InChI is InChI=1S/C13H12N4OS/c18-12-7-6-11(14-9-12)8-15-17-13(19)16-10-4-2-1-3-5-10/h1-9,18H,(H2,16,17,19)/b15-8-. The van der Waals surface area contributed by atoms with E-state index in [1.54, 1.807) is 6.07 Å². The Morgan fingerprint density at radius 2 is 2.00 bits per heavy atom. The largest absolute Gasteiger partial charge is 0.506 e. The SMILES string of the molecule is Oc1ccc(/C=N\NC(=S)Nc2ccccc2)nc1. The first-order valence-corrected chi connectivity index (χ1v) is 5.95. The van der Waals surface area contributed by atoms with Crippen LogP contribution in [-0.2, 0) is 0 Å². The molecule has 2 aromatic rings. The van der Waals surface area contributed by atoms with Crippen LogP contribution >= 0.6 is 12.2 Å². The van der Waals surface area contributed by atoms with Crippen molar-refractivity contribution < 1.29 is 5.11 Å². The number of hydrogen-bond acceptors (Lipinski definition) is 4. The normalized spacial score (nSPS) is 10.3. The van der Waals surface area contributed by atoms with Gasteiger partial charge in [0.1, 0.15) is 5.75 Å². The summed E-state index contributed by atoms with van der Waals surface area (Å²) >= 11 is 5.08. The van der Waals surface area contributed by atoms with Crippen molar-refractivity contribution in [1.29, 1.82) is 0 Å². The number of benzene rings is 1. The molecule has 0 amide bonds. The molecule has 6 heteroatoms. The van der Waals surface area contributed by atoms with E-state index in [9.17, 15) is 0 Å². The van der Waals surface area contributed by atoms with Crippen molar-refractivity contribution >= 4 is 29.2 Å². The number of nitrogens with zero attached hydrogens (tertiary/aromatic N) is 2. The van der Waals surface area contributed by atoms with E-state index in [2.05, 4.69) is 20.8 Å². The molecule has 0 bridgehead atoms. The Hall–Kier alpha value is -2.47. The smallest absolute Gasteiger partial charge is 0.191 e. The maximum Gasteiger partial charge on any atom is 0.191 e. The Bertz CT molecular complexity index is 569. The maximum absolute atomic E-state index is 9.08. The second-order valence-corrected chi connectivity index (χ2v) is 4.04. The van der Waals surface area contributed by atoms with Gasteiger partial charge in [-0.15, -0.1) is 0 Å². The molecule has 0 aliphatic rings. The predicted molar refractivity (Wildman–Crippen MR) is 79.3 cm³/mol. The zero-order chi connectivity index (χ0) is 13.5. The number of hydrazone groups is 1. The predicted octanol–water partition coefficient (Wildman–Crippen LogP) is 2.11. The first-order chi connectivity index (χ1) is 9.24. The van der Waals surface area contributed by atoms with Crippen molar-refractivity contribution in [2.75, 3.05) is 5.32 Å². The van der Waals surface area contributed by atoms with Crippen molar-refractivity contribution in [3.8, 4) is 5.75 Å². The number of aromatic hydroxyl groups is 1. The lowest BCUT2D eigenvalue weighted by Crippen LogP contribution is -2.23. The molecule has 0 saturated carbocycles. The third kappa shape index (κ3) is 4.36. The zero-order valence-electron chi connectivity index (χ0n) is 9.95. The van der Waals surface area contributed by atoms with E-state index in [4.69, 9.17) is 17.3 Å². The molecule has 1 aromatic carbocycles. The first kappa shape index (κ1) is 13.0. The lowest BCUT2D eigenvalue weighted by atomic mass is 10.3. The highest BCUT2D eigenvalue weighted by Gasteiger charge is 1.94. The minimum Gasteiger partial charge on any atom is -0.506 e. The second kappa shape index (κ2) is 6.46. The van der Waals surface area contributed by atoms with Gasteiger partial charge < -0.3 is 10.4 Å². The molecule has 0 aliphatic carbocycles. The summed E-state index contributed by atoms with van der Waals surface area (Å²) in [7, 11) is 0. The first-order valence-electron chi connectivity index (χ1n) is 5.54. The summed E-state index contributed by atoms with van der Waals surface area (Å²) < 4.78 is 0. The summed E-state index contributed by atoms with van der Waals surface area (Å²) in [6.45, 7) is 0. The Balaban J connectivity index is 1.85. The molecule has 0 fully saturated rings. The summed E-state index contributed by atoms with van der Waals surface area (Å²) in [5.74, 6) is 0.117. The third-order valence-corrected chi connectivity index (χ3v) is 2.36. The molecule has 2 rings (SSSR count). The average molecular weight is 272 g/mol. The number of hydrogen-bond donors (Lipinski definition) is 3. The Kier molecular flexibility index (Phi) is 4.41. The van der Waals surface area contributed by atoms with Crippen LogP contribution in [0.5, 0.6) is 5.75 Å². The van der Waals surface area contributed by atoms with Gasteiger partial charge in [0.2, 0.25) is 0 Å². The van der Waals surface area contributed by atoms with Crippen molar-refractivity contribution in [3.63, 3.8) is 0 Å². The fraction of sp³-hybridized carbons (Fsp3) is 0. The molecule has 1 aromatic heterocycles. The van der Waals surface area contributed by atoms with Gasteiger partial charge in [-0.05, 0) is 36.5 Å². The highest BCUT2D eigenvalue weighted by atomic mass is 32.1. The molecule has 0 atom stereocenters. The molecule has 0 radical (unpaired) electrons. The summed E-state index contributed by atoms with van der Waals surface area (Å²) in [6, 6.07) is 12.7. The van der Waals surface area contributed by atoms with Crippen molar-refractivity contribution in [2.45, 2.75) is 0 Å².